The van der Waals surface area contributed by atoms with Crippen molar-refractivity contribution in [2.24, 2.45) is 0 Å². The lowest BCUT2D eigenvalue weighted by molar-refractivity contribution is -0.126. The molecule has 2 rings (SSSR count). The molecule has 0 radical (unpaired) electrons. The van der Waals surface area contributed by atoms with E-state index in [1.807, 2.05) is 43.9 Å². The van der Waals surface area contributed by atoms with Crippen molar-refractivity contribution in [2.75, 3.05) is 6.54 Å². The molecule has 1 heterocycles. The summed E-state index contributed by atoms with van der Waals surface area (Å²) in [7, 11) is 0. The molecule has 0 bridgehead atoms. The first-order valence-electron chi connectivity index (χ1n) is 9.92. The number of carbonyl (C=O) groups is 1. The molecule has 1 aromatic rings. The third-order valence-electron chi connectivity index (χ3n) is 4.01. The summed E-state index contributed by atoms with van der Waals surface area (Å²) in [5.74, 6) is 0.161. The van der Waals surface area contributed by atoms with Gasteiger partial charge in [-0.3, -0.25) is 4.79 Å². The second-order valence-electron chi connectivity index (χ2n) is 6.10. The Morgan fingerprint density at radius 1 is 1.12 bits per heavy atom. The molecule has 144 valence electrons. The van der Waals surface area contributed by atoms with E-state index in [0.29, 0.717) is 0 Å². The van der Waals surface area contributed by atoms with E-state index in [0.717, 1.165) is 30.5 Å². The molecule has 0 unspecified atom stereocenters. The minimum atomic E-state index is 0.161. The average Bonchev–Trinajstić information content (AvgIpc) is 3.00. The molecule has 0 aromatic heterocycles. The quantitative estimate of drug-likeness (QED) is 0.576. The van der Waals surface area contributed by atoms with Crippen molar-refractivity contribution in [3.8, 4) is 0 Å². The van der Waals surface area contributed by atoms with Crippen LogP contribution < -0.4 is 0 Å². The van der Waals surface area contributed by atoms with Crippen LogP contribution in [0.5, 0.6) is 0 Å². The molecule has 0 aliphatic carbocycles. The molecule has 1 aromatic carbocycles. The van der Waals surface area contributed by atoms with Gasteiger partial charge in [0.1, 0.15) is 0 Å². The first-order chi connectivity index (χ1) is 12.5. The number of hydrogen-bond donors (Lipinski definition) is 0. The summed E-state index contributed by atoms with van der Waals surface area (Å²) < 4.78 is 0. The number of benzene rings is 1. The molecule has 2 heteroatoms. The maximum atomic E-state index is 12.0. The zero-order valence-electron chi connectivity index (χ0n) is 17.8. The van der Waals surface area contributed by atoms with Crippen molar-refractivity contribution >= 4 is 5.91 Å². The van der Waals surface area contributed by atoms with E-state index in [2.05, 4.69) is 64.1 Å². The van der Waals surface area contributed by atoms with Crippen LogP contribution >= 0.6 is 0 Å². The van der Waals surface area contributed by atoms with Crippen LogP contribution in [0.1, 0.15) is 60.5 Å². The highest BCUT2D eigenvalue weighted by Crippen LogP contribution is 2.25. The van der Waals surface area contributed by atoms with E-state index in [1.165, 1.54) is 5.56 Å². The average molecular weight is 356 g/mol. The van der Waals surface area contributed by atoms with Gasteiger partial charge in [-0.1, -0.05) is 82.3 Å². The number of allylic oxidation sites excluding steroid dienone is 4. The van der Waals surface area contributed by atoms with Gasteiger partial charge >= 0.3 is 0 Å². The molecule has 26 heavy (non-hydrogen) atoms. The molecular formula is C24H37NO. The molecule has 1 aliphatic rings. The molecule has 0 atom stereocenters. The van der Waals surface area contributed by atoms with Crippen molar-refractivity contribution in [2.45, 2.75) is 67.3 Å². The topological polar surface area (TPSA) is 20.3 Å². The summed E-state index contributed by atoms with van der Waals surface area (Å²) in [6.45, 7) is 15.0. The summed E-state index contributed by atoms with van der Waals surface area (Å²) in [5.41, 5.74) is 3.40. The van der Waals surface area contributed by atoms with Crippen LogP contribution in [0.25, 0.3) is 0 Å². The highest BCUT2D eigenvalue weighted by Gasteiger charge is 2.30. The Morgan fingerprint density at radius 3 is 2.15 bits per heavy atom. The van der Waals surface area contributed by atoms with Crippen LogP contribution in [0, 0.1) is 0 Å². The fourth-order valence-corrected chi connectivity index (χ4v) is 2.53. The summed E-state index contributed by atoms with van der Waals surface area (Å²) in [6.07, 6.45) is 10.3. The normalized spacial score (nSPS) is 16.8. The van der Waals surface area contributed by atoms with Crippen molar-refractivity contribution in [3.63, 3.8) is 0 Å². The maximum Gasteiger partial charge on any atom is 0.254 e. The van der Waals surface area contributed by atoms with Gasteiger partial charge in [0, 0.05) is 18.2 Å². The van der Waals surface area contributed by atoms with Gasteiger partial charge in [-0.05, 0) is 44.7 Å². The zero-order chi connectivity index (χ0) is 19.9. The highest BCUT2D eigenvalue weighted by atomic mass is 16.2. The lowest BCUT2D eigenvalue weighted by atomic mass is 10.1. The third-order valence-corrected chi connectivity index (χ3v) is 4.01. The molecule has 1 amide bonds. The van der Waals surface area contributed by atoms with E-state index in [4.69, 9.17) is 0 Å². The van der Waals surface area contributed by atoms with Gasteiger partial charge in [-0.25, -0.2) is 0 Å². The lowest BCUT2D eigenvalue weighted by Gasteiger charge is -2.19. The highest BCUT2D eigenvalue weighted by molar-refractivity contribution is 6.01. The minimum absolute atomic E-state index is 0.161. The van der Waals surface area contributed by atoms with E-state index in [1.54, 1.807) is 0 Å². The Morgan fingerprint density at radius 2 is 1.73 bits per heavy atom. The molecule has 1 aliphatic heterocycles. The van der Waals surface area contributed by atoms with E-state index < -0.39 is 0 Å². The fourth-order valence-electron chi connectivity index (χ4n) is 2.53. The van der Waals surface area contributed by atoms with Gasteiger partial charge in [-0.15, -0.1) is 0 Å². The van der Waals surface area contributed by atoms with Crippen LogP contribution in [-0.2, 0) is 11.2 Å². The summed E-state index contributed by atoms with van der Waals surface area (Å²) >= 11 is 0. The molecular weight excluding hydrogens is 318 g/mol. The number of rotatable bonds is 4. The number of amides is 1. The van der Waals surface area contributed by atoms with Crippen LogP contribution in [0.2, 0.25) is 0 Å². The number of likely N-dealkylation sites (tertiary alicyclic amines) is 1. The summed E-state index contributed by atoms with van der Waals surface area (Å²) in [6, 6.07) is 10.7. The van der Waals surface area contributed by atoms with E-state index in [9.17, 15) is 4.79 Å². The van der Waals surface area contributed by atoms with Crippen molar-refractivity contribution in [1.29, 1.82) is 0 Å². The number of nitrogens with zero attached hydrogens (tertiary/aromatic N) is 1. The van der Waals surface area contributed by atoms with Crippen LogP contribution in [0.15, 0.2) is 65.8 Å². The van der Waals surface area contributed by atoms with Gasteiger partial charge in [-0.2, -0.15) is 0 Å². The SMILES string of the molecule is CC.CCc1ccccc1.C\C=C1/C(=O)N(C(C)C)C/C1=C/C=C\CC. The standard InChI is InChI=1S/C14H21NO.C8H10.C2H6/c1-5-7-8-9-12-10-15(11(3)4)14(16)13(12)6-2;1-2-8-6-4-3-5-7-8;1-2/h6-9,11H,5,10H2,1-4H3;3-7H,2H2,1H3;1-2H3/b8-7-,12-9-,13-6-;;. The summed E-state index contributed by atoms with van der Waals surface area (Å²) in [4.78, 5) is 13.9. The number of hydrogen-bond acceptors (Lipinski definition) is 1. The van der Waals surface area contributed by atoms with Gasteiger partial charge in [0.05, 0.1) is 0 Å². The van der Waals surface area contributed by atoms with E-state index in [-0.39, 0.29) is 11.9 Å². The molecule has 0 N–H and O–H groups in total. The van der Waals surface area contributed by atoms with E-state index >= 15 is 0 Å². The van der Waals surface area contributed by atoms with Crippen LogP contribution in [0.4, 0.5) is 0 Å². The second-order valence-corrected chi connectivity index (χ2v) is 6.10. The first-order valence-corrected chi connectivity index (χ1v) is 9.92. The molecule has 1 fully saturated rings. The predicted molar refractivity (Wildman–Crippen MR) is 115 cm³/mol. The zero-order valence-corrected chi connectivity index (χ0v) is 17.8. The smallest absolute Gasteiger partial charge is 0.254 e. The number of carbonyl (C=O) groups excluding carboxylic acids is 1. The van der Waals surface area contributed by atoms with Crippen LogP contribution in [-0.4, -0.2) is 23.4 Å². The Hall–Kier alpha value is -2.09. The molecule has 0 saturated carbocycles. The van der Waals surface area contributed by atoms with Gasteiger partial charge < -0.3 is 4.90 Å². The Bertz CT molecular complexity index is 594. The fraction of sp³-hybridized carbons (Fsp3) is 0.458. The van der Waals surface area contributed by atoms with Crippen molar-refractivity contribution in [3.05, 3.63) is 71.3 Å². The Balaban J connectivity index is 0.000000522. The molecule has 1 saturated heterocycles. The first kappa shape index (κ1) is 23.9. The van der Waals surface area contributed by atoms with Gasteiger partial charge in [0.2, 0.25) is 0 Å². The van der Waals surface area contributed by atoms with Gasteiger partial charge in [0.15, 0.2) is 0 Å². The predicted octanol–water partition coefficient (Wildman–Crippen LogP) is 6.35. The maximum absolute atomic E-state index is 12.0. The molecule has 0 spiro atoms. The third kappa shape index (κ3) is 7.86. The second kappa shape index (κ2) is 14.1. The summed E-state index contributed by atoms with van der Waals surface area (Å²) in [5, 5.41) is 0. The van der Waals surface area contributed by atoms with Crippen molar-refractivity contribution in [1.82, 2.24) is 4.90 Å². The monoisotopic (exact) mass is 355 g/mol. The van der Waals surface area contributed by atoms with Crippen molar-refractivity contribution < 1.29 is 4.79 Å². The molecule has 2 nitrogen and oxygen atoms in total. The van der Waals surface area contributed by atoms with Gasteiger partial charge in [0.25, 0.3) is 5.91 Å². The van der Waals surface area contributed by atoms with Crippen LogP contribution in [0.3, 0.4) is 0 Å². The largest absolute Gasteiger partial charge is 0.332 e. The number of aryl methyl sites for hydroxylation is 1. The lowest BCUT2D eigenvalue weighted by Crippen LogP contribution is -2.32. The minimum Gasteiger partial charge on any atom is -0.332 e. The Kier molecular flexibility index (Phi) is 13.0. The Labute approximate surface area is 161 Å².